The fraction of sp³-hybridized carbons (Fsp3) is 1.00. The molecule has 1 aliphatic rings. The van der Waals surface area contributed by atoms with Crippen LogP contribution in [0.2, 0.25) is 0 Å². The topological polar surface area (TPSA) is 50.8 Å². The number of ether oxygens (including phenoxy) is 1. The van der Waals surface area contributed by atoms with Gasteiger partial charge in [-0.15, -0.1) is 4.52 Å². The Morgan fingerprint density at radius 1 is 1.24 bits per heavy atom. The first-order valence-corrected chi connectivity index (χ1v) is 9.05. The molecular formula is C15H32N2O3P+. The van der Waals surface area contributed by atoms with Crippen molar-refractivity contribution in [2.24, 2.45) is 11.8 Å². The lowest BCUT2D eigenvalue weighted by atomic mass is 9.91. The summed E-state index contributed by atoms with van der Waals surface area (Å²) in [5.41, 5.74) is 0. The molecule has 1 heterocycles. The molecule has 1 aliphatic heterocycles. The zero-order valence-electron chi connectivity index (χ0n) is 14.5. The summed E-state index contributed by atoms with van der Waals surface area (Å²) in [7, 11) is 1.78. The van der Waals surface area contributed by atoms with E-state index in [1.807, 2.05) is 6.92 Å². The first kappa shape index (κ1) is 19.0. The third-order valence-electron chi connectivity index (χ3n) is 3.89. The molecule has 1 fully saturated rings. The second-order valence-corrected chi connectivity index (χ2v) is 8.37. The molecule has 0 aromatic heterocycles. The maximum Gasteiger partial charge on any atom is 0.615 e. The van der Waals surface area contributed by atoms with Crippen LogP contribution in [0.5, 0.6) is 0 Å². The summed E-state index contributed by atoms with van der Waals surface area (Å²) in [6, 6.07) is 0.251. The largest absolute Gasteiger partial charge is 0.615 e. The molecule has 5 unspecified atom stereocenters. The normalized spacial score (nSPS) is 29.2. The van der Waals surface area contributed by atoms with Crippen molar-refractivity contribution < 1.29 is 13.8 Å². The minimum Gasteiger partial charge on any atom is -0.372 e. The molecule has 5 atom stereocenters. The lowest BCUT2D eigenvalue weighted by Gasteiger charge is -2.41. The van der Waals surface area contributed by atoms with E-state index in [1.54, 1.807) is 18.8 Å². The Labute approximate surface area is 130 Å². The Kier molecular flexibility index (Phi) is 7.72. The standard InChI is InChI=1S/C15H32N2O3P/c1-10(2)14-9-16-13(15(19-14)11(3)4)8-12(5)20-21(18)17(6)7/h10-16H,8-9H2,1-7H3/q+1. The first-order chi connectivity index (χ1) is 9.72. The van der Waals surface area contributed by atoms with Crippen LogP contribution in [0.4, 0.5) is 0 Å². The summed E-state index contributed by atoms with van der Waals surface area (Å²) in [4.78, 5) is 0. The summed E-state index contributed by atoms with van der Waals surface area (Å²) in [6.45, 7) is 11.6. The second-order valence-electron chi connectivity index (χ2n) is 6.88. The monoisotopic (exact) mass is 319 g/mol. The maximum atomic E-state index is 11.8. The van der Waals surface area contributed by atoms with Gasteiger partial charge in [-0.1, -0.05) is 32.4 Å². The smallest absolute Gasteiger partial charge is 0.372 e. The molecule has 0 amide bonds. The average Bonchev–Trinajstić information content (AvgIpc) is 2.38. The summed E-state index contributed by atoms with van der Waals surface area (Å²) in [6.07, 6.45) is 1.19. The lowest BCUT2D eigenvalue weighted by molar-refractivity contribution is -0.106. The van der Waals surface area contributed by atoms with Crippen LogP contribution in [0.25, 0.3) is 0 Å². The summed E-state index contributed by atoms with van der Waals surface area (Å²) < 4.78 is 25.2. The van der Waals surface area contributed by atoms with Crippen molar-refractivity contribution in [1.82, 2.24) is 9.99 Å². The van der Waals surface area contributed by atoms with Gasteiger partial charge in [-0.2, -0.15) is 0 Å². The SMILES string of the molecule is CC(CC1NCC(C(C)C)OC1C(C)C)O[P+](=O)N(C)C. The van der Waals surface area contributed by atoms with Crippen LogP contribution in [0.3, 0.4) is 0 Å². The van der Waals surface area contributed by atoms with Crippen molar-refractivity contribution in [1.29, 1.82) is 0 Å². The van der Waals surface area contributed by atoms with Gasteiger partial charge in [0.15, 0.2) is 0 Å². The Balaban J connectivity index is 2.58. The quantitative estimate of drug-likeness (QED) is 0.731. The van der Waals surface area contributed by atoms with Crippen molar-refractivity contribution in [3.8, 4) is 0 Å². The van der Waals surface area contributed by atoms with Gasteiger partial charge < -0.3 is 10.1 Å². The number of nitrogens with zero attached hydrogens (tertiary/aromatic N) is 1. The van der Waals surface area contributed by atoms with Crippen LogP contribution in [-0.4, -0.2) is 49.7 Å². The predicted molar refractivity (Wildman–Crippen MR) is 86.6 cm³/mol. The zero-order chi connectivity index (χ0) is 16.2. The molecule has 1 rings (SSSR count). The minimum absolute atomic E-state index is 0.0611. The van der Waals surface area contributed by atoms with E-state index in [2.05, 4.69) is 33.0 Å². The van der Waals surface area contributed by atoms with Crippen molar-refractivity contribution in [3.05, 3.63) is 0 Å². The fourth-order valence-electron chi connectivity index (χ4n) is 2.61. The van der Waals surface area contributed by atoms with E-state index in [4.69, 9.17) is 9.26 Å². The van der Waals surface area contributed by atoms with Crippen LogP contribution in [0, 0.1) is 11.8 Å². The third kappa shape index (κ3) is 5.91. The molecule has 0 aromatic carbocycles. The van der Waals surface area contributed by atoms with Crippen molar-refractivity contribution in [2.75, 3.05) is 20.6 Å². The number of hydrogen-bond donors (Lipinski definition) is 1. The molecule has 0 radical (unpaired) electrons. The van der Waals surface area contributed by atoms with Gasteiger partial charge in [0.05, 0.1) is 12.2 Å². The molecule has 0 saturated carbocycles. The van der Waals surface area contributed by atoms with Gasteiger partial charge >= 0.3 is 8.18 Å². The Morgan fingerprint density at radius 2 is 1.86 bits per heavy atom. The maximum absolute atomic E-state index is 11.8. The molecule has 0 bridgehead atoms. The second kappa shape index (κ2) is 8.54. The van der Waals surface area contributed by atoms with E-state index in [1.165, 1.54) is 0 Å². The van der Waals surface area contributed by atoms with Gasteiger partial charge in [0, 0.05) is 26.7 Å². The summed E-state index contributed by atoms with van der Waals surface area (Å²) in [5, 5.41) is 3.60. The Morgan fingerprint density at radius 3 is 2.33 bits per heavy atom. The molecule has 1 saturated heterocycles. The molecule has 124 valence electrons. The Bertz CT molecular complexity index is 337. The highest BCUT2D eigenvalue weighted by Crippen LogP contribution is 2.30. The number of morpholine rings is 1. The average molecular weight is 319 g/mol. The van der Waals surface area contributed by atoms with Crippen LogP contribution < -0.4 is 5.32 Å². The molecule has 21 heavy (non-hydrogen) atoms. The van der Waals surface area contributed by atoms with E-state index in [0.717, 1.165) is 13.0 Å². The van der Waals surface area contributed by atoms with Crippen LogP contribution in [0.15, 0.2) is 0 Å². The highest BCUT2D eigenvalue weighted by atomic mass is 31.1. The first-order valence-electron chi connectivity index (χ1n) is 7.92. The molecule has 0 aliphatic carbocycles. The summed E-state index contributed by atoms with van der Waals surface area (Å²) >= 11 is 0. The van der Waals surface area contributed by atoms with E-state index in [0.29, 0.717) is 11.8 Å². The zero-order valence-corrected chi connectivity index (χ0v) is 15.4. The predicted octanol–water partition coefficient (Wildman–Crippen LogP) is 3.04. The summed E-state index contributed by atoms with van der Waals surface area (Å²) in [5.74, 6) is 0.954. The molecule has 5 nitrogen and oxygen atoms in total. The fourth-order valence-corrected chi connectivity index (χ4v) is 3.19. The third-order valence-corrected chi connectivity index (χ3v) is 5.09. The molecule has 0 spiro atoms. The molecular weight excluding hydrogens is 287 g/mol. The van der Waals surface area contributed by atoms with Gasteiger partial charge in [-0.25, -0.2) is 0 Å². The number of nitrogens with one attached hydrogen (secondary N) is 1. The van der Waals surface area contributed by atoms with E-state index in [-0.39, 0.29) is 24.4 Å². The van der Waals surface area contributed by atoms with Gasteiger partial charge in [0.2, 0.25) is 0 Å². The van der Waals surface area contributed by atoms with Gasteiger partial charge in [-0.3, -0.25) is 0 Å². The highest BCUT2D eigenvalue weighted by molar-refractivity contribution is 7.36. The molecule has 0 aromatic rings. The van der Waals surface area contributed by atoms with E-state index < -0.39 is 8.18 Å². The van der Waals surface area contributed by atoms with E-state index >= 15 is 0 Å². The number of rotatable bonds is 7. The van der Waals surface area contributed by atoms with Crippen LogP contribution >= 0.6 is 8.18 Å². The van der Waals surface area contributed by atoms with Crippen LogP contribution in [0.1, 0.15) is 41.0 Å². The molecule has 6 heteroatoms. The minimum atomic E-state index is -1.74. The van der Waals surface area contributed by atoms with Gasteiger partial charge in [0.25, 0.3) is 0 Å². The van der Waals surface area contributed by atoms with Gasteiger partial charge in [-0.05, 0) is 29.7 Å². The van der Waals surface area contributed by atoms with Crippen LogP contribution in [-0.2, 0) is 13.8 Å². The van der Waals surface area contributed by atoms with Crippen molar-refractivity contribution in [2.45, 2.75) is 65.4 Å². The van der Waals surface area contributed by atoms with Gasteiger partial charge in [0.1, 0.15) is 6.10 Å². The van der Waals surface area contributed by atoms with Crippen molar-refractivity contribution in [3.63, 3.8) is 0 Å². The van der Waals surface area contributed by atoms with Crippen molar-refractivity contribution >= 4 is 8.18 Å². The van der Waals surface area contributed by atoms with E-state index in [9.17, 15) is 4.57 Å². The molecule has 1 N–H and O–H groups in total. The Hall–Kier alpha value is -0.0600. The number of hydrogen-bond acceptors (Lipinski definition) is 4. The lowest BCUT2D eigenvalue weighted by Crippen LogP contribution is -2.56. The highest BCUT2D eigenvalue weighted by Gasteiger charge is 2.36.